The minimum atomic E-state index is -0.419. The maximum Gasteiger partial charge on any atom is 0.255 e. The Balaban J connectivity index is 1.51. The predicted molar refractivity (Wildman–Crippen MR) is 128 cm³/mol. The van der Waals surface area contributed by atoms with Crippen molar-refractivity contribution in [2.75, 3.05) is 10.6 Å². The molecule has 0 aliphatic heterocycles. The van der Waals surface area contributed by atoms with Crippen LogP contribution in [-0.4, -0.2) is 30.6 Å². The minimum absolute atomic E-state index is 0.348. The standard InChI is InChI=1S/C25H20FN7O/c1-15-8-9-16(25(34)29-19-7-3-6-18(26)12-19)11-21(15)30-23-20-14-28-33(2)24(20)32-22(31-23)17-5-4-10-27-13-17/h3-14H,1-2H3,(H,29,34)(H,30,31,32). The Morgan fingerprint density at radius 3 is 2.71 bits per heavy atom. The van der Waals surface area contributed by atoms with Gasteiger partial charge < -0.3 is 10.6 Å². The Bertz CT molecular complexity index is 1520. The molecule has 8 nitrogen and oxygen atoms in total. The number of rotatable bonds is 5. The van der Waals surface area contributed by atoms with E-state index in [1.807, 2.05) is 32.2 Å². The minimum Gasteiger partial charge on any atom is -0.339 e. The van der Waals surface area contributed by atoms with Crippen LogP contribution in [0, 0.1) is 12.7 Å². The van der Waals surface area contributed by atoms with E-state index < -0.39 is 5.82 Å². The van der Waals surface area contributed by atoms with Gasteiger partial charge in [0.05, 0.1) is 11.6 Å². The number of aryl methyl sites for hydroxylation is 2. The first-order valence-electron chi connectivity index (χ1n) is 10.5. The molecule has 0 radical (unpaired) electrons. The van der Waals surface area contributed by atoms with Gasteiger partial charge in [0.1, 0.15) is 11.6 Å². The van der Waals surface area contributed by atoms with Crippen LogP contribution in [0.5, 0.6) is 0 Å². The molecule has 0 atom stereocenters. The maximum atomic E-state index is 13.5. The van der Waals surface area contributed by atoms with E-state index in [1.54, 1.807) is 47.5 Å². The van der Waals surface area contributed by atoms with Gasteiger partial charge in [-0.05, 0) is 55.0 Å². The van der Waals surface area contributed by atoms with Gasteiger partial charge in [-0.25, -0.2) is 14.4 Å². The van der Waals surface area contributed by atoms with Gasteiger partial charge in [0.15, 0.2) is 11.5 Å². The summed E-state index contributed by atoms with van der Waals surface area (Å²) in [6, 6.07) is 14.8. The normalized spacial score (nSPS) is 10.9. The van der Waals surface area contributed by atoms with Crippen molar-refractivity contribution in [3.63, 3.8) is 0 Å². The average Bonchev–Trinajstić information content (AvgIpc) is 3.22. The molecule has 3 heterocycles. The fraction of sp³-hybridized carbons (Fsp3) is 0.0800. The number of hydrogen-bond acceptors (Lipinski definition) is 6. The van der Waals surface area contributed by atoms with Gasteiger partial charge in [0.25, 0.3) is 5.91 Å². The second-order valence-electron chi connectivity index (χ2n) is 7.76. The van der Waals surface area contributed by atoms with E-state index >= 15 is 0 Å². The molecule has 2 N–H and O–H groups in total. The van der Waals surface area contributed by atoms with Crippen molar-refractivity contribution in [1.29, 1.82) is 0 Å². The van der Waals surface area contributed by atoms with Crippen molar-refractivity contribution in [3.8, 4) is 11.4 Å². The van der Waals surface area contributed by atoms with E-state index in [9.17, 15) is 9.18 Å². The lowest BCUT2D eigenvalue weighted by Gasteiger charge is -2.13. The second kappa shape index (κ2) is 8.70. The molecule has 0 saturated heterocycles. The topological polar surface area (TPSA) is 97.6 Å². The highest BCUT2D eigenvalue weighted by Gasteiger charge is 2.15. The first-order valence-corrected chi connectivity index (χ1v) is 10.5. The summed E-state index contributed by atoms with van der Waals surface area (Å²) in [7, 11) is 1.81. The fourth-order valence-electron chi connectivity index (χ4n) is 3.54. The van der Waals surface area contributed by atoms with Crippen LogP contribution in [0.1, 0.15) is 15.9 Å². The molecule has 9 heteroatoms. The zero-order valence-corrected chi connectivity index (χ0v) is 18.5. The van der Waals surface area contributed by atoms with Crippen LogP contribution >= 0.6 is 0 Å². The molecule has 1 amide bonds. The van der Waals surface area contributed by atoms with Crippen molar-refractivity contribution < 1.29 is 9.18 Å². The summed E-state index contributed by atoms with van der Waals surface area (Å²) in [5.41, 5.74) is 3.85. The summed E-state index contributed by atoms with van der Waals surface area (Å²) >= 11 is 0. The summed E-state index contributed by atoms with van der Waals surface area (Å²) in [5.74, 6) is 0.295. The largest absolute Gasteiger partial charge is 0.339 e. The van der Waals surface area contributed by atoms with E-state index in [-0.39, 0.29) is 5.91 Å². The quantitative estimate of drug-likeness (QED) is 0.394. The van der Waals surface area contributed by atoms with Gasteiger partial charge in [-0.1, -0.05) is 12.1 Å². The number of nitrogens with zero attached hydrogens (tertiary/aromatic N) is 5. The van der Waals surface area contributed by atoms with Crippen LogP contribution < -0.4 is 10.6 Å². The van der Waals surface area contributed by atoms with Crippen molar-refractivity contribution in [3.05, 3.63) is 90.1 Å². The number of fused-ring (bicyclic) bond motifs is 1. The number of carbonyl (C=O) groups excluding carboxylic acids is 1. The van der Waals surface area contributed by atoms with Crippen molar-refractivity contribution >= 4 is 34.1 Å². The molecule has 0 unspecified atom stereocenters. The number of benzene rings is 2. The number of nitrogens with one attached hydrogen (secondary N) is 2. The zero-order valence-electron chi connectivity index (χ0n) is 18.5. The van der Waals surface area contributed by atoms with E-state index in [0.29, 0.717) is 34.2 Å². The van der Waals surface area contributed by atoms with Gasteiger partial charge in [-0.3, -0.25) is 14.5 Å². The van der Waals surface area contributed by atoms with E-state index in [4.69, 9.17) is 4.98 Å². The van der Waals surface area contributed by atoms with Crippen LogP contribution in [-0.2, 0) is 7.05 Å². The Morgan fingerprint density at radius 1 is 1.03 bits per heavy atom. The third-order valence-electron chi connectivity index (χ3n) is 5.35. The summed E-state index contributed by atoms with van der Waals surface area (Å²) in [5, 5.41) is 11.1. The summed E-state index contributed by atoms with van der Waals surface area (Å²) in [6.45, 7) is 1.93. The smallest absolute Gasteiger partial charge is 0.255 e. The number of amides is 1. The number of aromatic nitrogens is 5. The summed E-state index contributed by atoms with van der Waals surface area (Å²) in [4.78, 5) is 26.3. The Hall–Kier alpha value is -4.66. The number of pyridine rings is 1. The number of hydrogen-bond donors (Lipinski definition) is 2. The second-order valence-corrected chi connectivity index (χ2v) is 7.76. The Kier molecular flexibility index (Phi) is 5.43. The molecule has 2 aromatic carbocycles. The lowest BCUT2D eigenvalue weighted by Crippen LogP contribution is -2.12. The molecule has 0 bridgehead atoms. The van der Waals surface area contributed by atoms with Crippen LogP contribution in [0.15, 0.2) is 73.2 Å². The summed E-state index contributed by atoms with van der Waals surface area (Å²) in [6.07, 6.45) is 5.08. The van der Waals surface area contributed by atoms with E-state index in [1.165, 1.54) is 12.1 Å². The molecule has 0 aliphatic rings. The Labute approximate surface area is 194 Å². The molecule has 0 aliphatic carbocycles. The predicted octanol–water partition coefficient (Wildman–Crippen LogP) is 4.87. The lowest BCUT2D eigenvalue weighted by molar-refractivity contribution is 0.102. The average molecular weight is 453 g/mol. The number of halogens is 1. The van der Waals surface area contributed by atoms with Gasteiger partial charge in [-0.2, -0.15) is 5.10 Å². The SMILES string of the molecule is Cc1ccc(C(=O)Nc2cccc(F)c2)cc1Nc1nc(-c2cccnc2)nc2c1cnn2C. The van der Waals surface area contributed by atoms with Crippen molar-refractivity contribution in [1.82, 2.24) is 24.7 Å². The number of carbonyl (C=O) groups is 1. The first kappa shape index (κ1) is 21.2. The molecule has 0 fully saturated rings. The van der Waals surface area contributed by atoms with Crippen LogP contribution in [0.4, 0.5) is 21.6 Å². The Morgan fingerprint density at radius 2 is 1.91 bits per heavy atom. The van der Waals surface area contributed by atoms with Crippen LogP contribution in [0.25, 0.3) is 22.4 Å². The molecule has 0 saturated carbocycles. The van der Waals surface area contributed by atoms with Gasteiger partial charge in [0.2, 0.25) is 0 Å². The fourth-order valence-corrected chi connectivity index (χ4v) is 3.54. The zero-order chi connectivity index (χ0) is 23.7. The third-order valence-corrected chi connectivity index (χ3v) is 5.35. The molecule has 0 spiro atoms. The highest BCUT2D eigenvalue weighted by molar-refractivity contribution is 6.05. The van der Waals surface area contributed by atoms with Crippen LogP contribution in [0.3, 0.4) is 0 Å². The van der Waals surface area contributed by atoms with Gasteiger partial charge in [0, 0.05) is 41.9 Å². The molecular formula is C25H20FN7O. The molecule has 168 valence electrons. The van der Waals surface area contributed by atoms with E-state index in [2.05, 4.69) is 25.7 Å². The highest BCUT2D eigenvalue weighted by Crippen LogP contribution is 2.29. The van der Waals surface area contributed by atoms with Crippen LogP contribution in [0.2, 0.25) is 0 Å². The van der Waals surface area contributed by atoms with Gasteiger partial charge >= 0.3 is 0 Å². The number of anilines is 3. The third kappa shape index (κ3) is 4.18. The monoisotopic (exact) mass is 453 g/mol. The van der Waals surface area contributed by atoms with E-state index in [0.717, 1.165) is 16.5 Å². The highest BCUT2D eigenvalue weighted by atomic mass is 19.1. The first-order chi connectivity index (χ1) is 16.5. The lowest BCUT2D eigenvalue weighted by atomic mass is 10.1. The summed E-state index contributed by atoms with van der Waals surface area (Å²) < 4.78 is 15.2. The van der Waals surface area contributed by atoms with Crippen molar-refractivity contribution in [2.24, 2.45) is 7.05 Å². The maximum absolute atomic E-state index is 13.5. The van der Waals surface area contributed by atoms with Gasteiger partial charge in [-0.15, -0.1) is 0 Å². The van der Waals surface area contributed by atoms with Crippen molar-refractivity contribution in [2.45, 2.75) is 6.92 Å². The molecular weight excluding hydrogens is 433 g/mol. The molecule has 3 aromatic heterocycles. The molecule has 34 heavy (non-hydrogen) atoms. The molecule has 5 aromatic rings. The molecule has 5 rings (SSSR count).